The lowest BCUT2D eigenvalue weighted by atomic mass is 10.0. The summed E-state index contributed by atoms with van der Waals surface area (Å²) in [5, 5.41) is 12.9. The number of carbonyl (C=O) groups is 1. The molecule has 5 nitrogen and oxygen atoms in total. The fourth-order valence-corrected chi connectivity index (χ4v) is 2.10. The van der Waals surface area contributed by atoms with Gasteiger partial charge in [0.1, 0.15) is 22.9 Å². The molecule has 0 aliphatic heterocycles. The third-order valence-corrected chi connectivity index (χ3v) is 3.46. The first-order valence-electron chi connectivity index (χ1n) is 6.99. The second-order valence-corrected chi connectivity index (χ2v) is 5.61. The predicted molar refractivity (Wildman–Crippen MR) is 82.8 cm³/mol. The number of hydrogen-bond acceptors (Lipinski definition) is 4. The van der Waals surface area contributed by atoms with Crippen LogP contribution < -0.4 is 10.1 Å². The maximum absolute atomic E-state index is 12.9. The Balaban J connectivity index is 1.75. The molecular formula is C16H17ClFNO4. The predicted octanol–water partition coefficient (Wildman–Crippen LogP) is 2.86. The van der Waals surface area contributed by atoms with E-state index in [9.17, 15) is 14.3 Å². The summed E-state index contributed by atoms with van der Waals surface area (Å²) >= 11 is 5.81. The van der Waals surface area contributed by atoms with Crippen LogP contribution in [-0.4, -0.2) is 24.2 Å². The molecule has 0 spiro atoms. The lowest BCUT2D eigenvalue weighted by molar-refractivity contribution is -0.122. The number of ether oxygens (including phenoxy) is 1. The molecule has 7 heteroatoms. The molecule has 1 aromatic heterocycles. The van der Waals surface area contributed by atoms with Crippen molar-refractivity contribution in [2.45, 2.75) is 18.9 Å². The SMILES string of the molecule is C[C@@](O)(CNC(=O)CCOc1ccc(F)cc1Cl)c1ccco1. The maximum atomic E-state index is 12.9. The molecule has 0 aliphatic carbocycles. The number of hydrogen-bond donors (Lipinski definition) is 2. The van der Waals surface area contributed by atoms with Gasteiger partial charge in [-0.2, -0.15) is 0 Å². The van der Waals surface area contributed by atoms with Crippen molar-refractivity contribution in [2.24, 2.45) is 0 Å². The van der Waals surface area contributed by atoms with E-state index in [1.807, 2.05) is 0 Å². The molecule has 0 bridgehead atoms. The standard InChI is InChI=1S/C16H17ClFNO4/c1-16(21,14-3-2-7-23-14)10-19-15(20)6-8-22-13-5-4-11(18)9-12(13)17/h2-5,7,9,21H,6,8,10H2,1H3,(H,19,20)/t16-/m1/s1. The van der Waals surface area contributed by atoms with Crippen LogP contribution in [0.25, 0.3) is 0 Å². The smallest absolute Gasteiger partial charge is 0.223 e. The van der Waals surface area contributed by atoms with Crippen molar-refractivity contribution in [3.8, 4) is 5.75 Å². The first-order valence-corrected chi connectivity index (χ1v) is 7.37. The van der Waals surface area contributed by atoms with Gasteiger partial charge < -0.3 is 19.6 Å². The van der Waals surface area contributed by atoms with E-state index >= 15 is 0 Å². The van der Waals surface area contributed by atoms with E-state index in [-0.39, 0.29) is 30.5 Å². The first kappa shape index (κ1) is 17.3. The Morgan fingerprint density at radius 3 is 2.91 bits per heavy atom. The van der Waals surface area contributed by atoms with Crippen LogP contribution in [0.5, 0.6) is 5.75 Å². The largest absolute Gasteiger partial charge is 0.491 e. The normalized spacial score (nSPS) is 13.4. The summed E-state index contributed by atoms with van der Waals surface area (Å²) in [6, 6.07) is 7.05. The summed E-state index contributed by atoms with van der Waals surface area (Å²) in [7, 11) is 0. The van der Waals surface area contributed by atoms with Crippen molar-refractivity contribution in [3.05, 3.63) is 53.2 Å². The Labute approximate surface area is 138 Å². The van der Waals surface area contributed by atoms with Gasteiger partial charge in [-0.1, -0.05) is 11.6 Å². The molecule has 0 radical (unpaired) electrons. The van der Waals surface area contributed by atoms with Crippen LogP contribution in [-0.2, 0) is 10.4 Å². The Morgan fingerprint density at radius 1 is 1.48 bits per heavy atom. The van der Waals surface area contributed by atoms with Gasteiger partial charge in [-0.15, -0.1) is 0 Å². The molecule has 1 heterocycles. The molecule has 1 atom stereocenters. The highest BCUT2D eigenvalue weighted by atomic mass is 35.5. The number of benzene rings is 1. The van der Waals surface area contributed by atoms with Crippen molar-refractivity contribution in [1.29, 1.82) is 0 Å². The average Bonchev–Trinajstić information content (AvgIpc) is 3.03. The van der Waals surface area contributed by atoms with Gasteiger partial charge in [0, 0.05) is 0 Å². The van der Waals surface area contributed by atoms with Crippen molar-refractivity contribution < 1.29 is 23.4 Å². The fraction of sp³-hybridized carbons (Fsp3) is 0.312. The van der Waals surface area contributed by atoms with Crippen molar-refractivity contribution in [3.63, 3.8) is 0 Å². The van der Waals surface area contributed by atoms with Gasteiger partial charge in [0.25, 0.3) is 0 Å². The Hall–Kier alpha value is -2.05. The van der Waals surface area contributed by atoms with Crippen LogP contribution in [0.15, 0.2) is 41.0 Å². The number of halogens is 2. The van der Waals surface area contributed by atoms with E-state index < -0.39 is 11.4 Å². The minimum absolute atomic E-state index is 0.0106. The van der Waals surface area contributed by atoms with Crippen LogP contribution >= 0.6 is 11.6 Å². The average molecular weight is 342 g/mol. The second-order valence-electron chi connectivity index (χ2n) is 5.20. The van der Waals surface area contributed by atoms with Gasteiger partial charge in [-0.25, -0.2) is 4.39 Å². The lowest BCUT2D eigenvalue weighted by Crippen LogP contribution is -2.38. The zero-order valence-corrected chi connectivity index (χ0v) is 13.3. The van der Waals surface area contributed by atoms with Gasteiger partial charge in [-0.05, 0) is 37.3 Å². The minimum Gasteiger partial charge on any atom is -0.491 e. The van der Waals surface area contributed by atoms with Gasteiger partial charge in [0.05, 0.1) is 30.9 Å². The third kappa shape index (κ3) is 4.97. The highest BCUT2D eigenvalue weighted by Gasteiger charge is 2.26. The van der Waals surface area contributed by atoms with E-state index in [1.54, 1.807) is 19.1 Å². The zero-order chi connectivity index (χ0) is 16.9. The minimum atomic E-state index is -1.29. The number of aliphatic hydroxyl groups is 1. The molecule has 0 unspecified atom stereocenters. The summed E-state index contributed by atoms with van der Waals surface area (Å²) in [4.78, 5) is 11.8. The van der Waals surface area contributed by atoms with Crippen molar-refractivity contribution >= 4 is 17.5 Å². The van der Waals surface area contributed by atoms with Crippen LogP contribution in [0.3, 0.4) is 0 Å². The molecule has 0 aliphatic rings. The molecule has 0 fully saturated rings. The van der Waals surface area contributed by atoms with Gasteiger partial charge >= 0.3 is 0 Å². The van der Waals surface area contributed by atoms with Gasteiger partial charge in [-0.3, -0.25) is 4.79 Å². The third-order valence-electron chi connectivity index (χ3n) is 3.16. The molecule has 2 aromatic rings. The monoisotopic (exact) mass is 341 g/mol. The van der Waals surface area contributed by atoms with Gasteiger partial charge in [0.2, 0.25) is 5.91 Å². The van der Waals surface area contributed by atoms with Crippen LogP contribution in [0, 0.1) is 5.82 Å². The first-order chi connectivity index (χ1) is 10.9. The summed E-state index contributed by atoms with van der Waals surface area (Å²) in [6.07, 6.45) is 1.52. The topological polar surface area (TPSA) is 71.7 Å². The fourth-order valence-electron chi connectivity index (χ4n) is 1.88. The summed E-state index contributed by atoms with van der Waals surface area (Å²) in [5.74, 6) is -0.0779. The Morgan fingerprint density at radius 2 is 2.26 bits per heavy atom. The van der Waals surface area contributed by atoms with Crippen molar-refractivity contribution in [2.75, 3.05) is 13.2 Å². The second kappa shape index (κ2) is 7.48. The molecular weight excluding hydrogens is 325 g/mol. The van der Waals surface area contributed by atoms with E-state index in [2.05, 4.69) is 5.32 Å². The Bertz CT molecular complexity index is 658. The summed E-state index contributed by atoms with van der Waals surface area (Å²) in [5.41, 5.74) is -1.29. The van der Waals surface area contributed by atoms with Crippen LogP contribution in [0.1, 0.15) is 19.1 Å². The summed E-state index contributed by atoms with van der Waals surface area (Å²) < 4.78 is 23.3. The maximum Gasteiger partial charge on any atom is 0.223 e. The highest BCUT2D eigenvalue weighted by Crippen LogP contribution is 2.25. The molecule has 0 saturated carbocycles. The number of nitrogens with one attached hydrogen (secondary N) is 1. The van der Waals surface area contributed by atoms with Gasteiger partial charge in [0.15, 0.2) is 0 Å². The van der Waals surface area contributed by atoms with Crippen molar-refractivity contribution in [1.82, 2.24) is 5.32 Å². The highest BCUT2D eigenvalue weighted by molar-refractivity contribution is 6.32. The zero-order valence-electron chi connectivity index (χ0n) is 12.5. The lowest BCUT2D eigenvalue weighted by Gasteiger charge is -2.21. The van der Waals surface area contributed by atoms with Crippen LogP contribution in [0.4, 0.5) is 4.39 Å². The number of rotatable bonds is 7. The molecule has 2 N–H and O–H groups in total. The van der Waals surface area contributed by atoms with E-state index in [0.29, 0.717) is 11.5 Å². The Kier molecular flexibility index (Phi) is 5.63. The molecule has 2 rings (SSSR count). The molecule has 1 amide bonds. The molecule has 1 aromatic carbocycles. The quantitative estimate of drug-likeness (QED) is 0.812. The molecule has 0 saturated heterocycles. The van der Waals surface area contributed by atoms with E-state index in [0.717, 1.165) is 6.07 Å². The van der Waals surface area contributed by atoms with Crippen LogP contribution in [0.2, 0.25) is 5.02 Å². The van der Waals surface area contributed by atoms with E-state index in [1.165, 1.54) is 18.4 Å². The number of amides is 1. The molecule has 124 valence electrons. The molecule has 23 heavy (non-hydrogen) atoms. The number of carbonyl (C=O) groups excluding carboxylic acids is 1. The summed E-state index contributed by atoms with van der Waals surface area (Å²) in [6.45, 7) is 1.64. The van der Waals surface area contributed by atoms with E-state index in [4.69, 9.17) is 20.8 Å². The number of furan rings is 1.